The van der Waals surface area contributed by atoms with E-state index in [0.717, 1.165) is 18.8 Å². The Morgan fingerprint density at radius 1 is 1.50 bits per heavy atom. The second kappa shape index (κ2) is 6.39. The first kappa shape index (κ1) is 13.6. The number of hydrogen-bond donors (Lipinski definition) is 1. The summed E-state index contributed by atoms with van der Waals surface area (Å²) in [5, 5.41) is 3.68. The Kier molecular flexibility index (Phi) is 4.84. The van der Waals surface area contributed by atoms with Gasteiger partial charge in [-0.1, -0.05) is 20.3 Å². The molecule has 0 saturated carbocycles. The van der Waals surface area contributed by atoms with E-state index in [0.29, 0.717) is 18.1 Å². The highest BCUT2D eigenvalue weighted by Gasteiger charge is 2.31. The van der Waals surface area contributed by atoms with E-state index in [9.17, 15) is 0 Å². The van der Waals surface area contributed by atoms with Gasteiger partial charge in [0.05, 0.1) is 12.3 Å². The fourth-order valence-electron chi connectivity index (χ4n) is 2.98. The van der Waals surface area contributed by atoms with Crippen LogP contribution in [0.5, 0.6) is 0 Å². The van der Waals surface area contributed by atoms with Gasteiger partial charge in [0.15, 0.2) is 0 Å². The lowest BCUT2D eigenvalue weighted by Gasteiger charge is -2.43. The average Bonchev–Trinajstić information content (AvgIpc) is 2.92. The molecule has 2 rings (SSSR count). The van der Waals surface area contributed by atoms with Crippen LogP contribution in [0.3, 0.4) is 0 Å². The fraction of sp³-hybridized carbons (Fsp3) is 0.733. The molecule has 1 saturated heterocycles. The molecule has 3 nitrogen and oxygen atoms in total. The van der Waals surface area contributed by atoms with E-state index in [-0.39, 0.29) is 0 Å². The zero-order valence-electron chi connectivity index (χ0n) is 11.9. The van der Waals surface area contributed by atoms with Crippen molar-refractivity contribution in [3.8, 4) is 0 Å². The quantitative estimate of drug-likeness (QED) is 0.870. The van der Waals surface area contributed by atoms with Gasteiger partial charge < -0.3 is 9.73 Å². The third kappa shape index (κ3) is 2.96. The van der Waals surface area contributed by atoms with E-state index in [1.807, 2.05) is 6.07 Å². The Balaban J connectivity index is 2.06. The molecule has 0 bridgehead atoms. The molecule has 102 valence electrons. The average molecular weight is 250 g/mol. The summed E-state index contributed by atoms with van der Waals surface area (Å²) in [5.74, 6) is 1.09. The summed E-state index contributed by atoms with van der Waals surface area (Å²) in [7, 11) is 0. The topological polar surface area (TPSA) is 28.4 Å². The Hall–Kier alpha value is -0.800. The SMILES string of the molecule is CCCC1CN(C(C)c2ccco2)C(CC)CN1. The molecule has 0 spiro atoms. The minimum absolute atomic E-state index is 0.381. The molecular weight excluding hydrogens is 224 g/mol. The van der Waals surface area contributed by atoms with Crippen LogP contribution in [0.4, 0.5) is 0 Å². The molecule has 3 heteroatoms. The van der Waals surface area contributed by atoms with Gasteiger partial charge >= 0.3 is 0 Å². The van der Waals surface area contributed by atoms with Gasteiger partial charge in [-0.05, 0) is 31.9 Å². The van der Waals surface area contributed by atoms with E-state index in [1.54, 1.807) is 6.26 Å². The molecule has 2 heterocycles. The maximum Gasteiger partial charge on any atom is 0.120 e. The van der Waals surface area contributed by atoms with Gasteiger partial charge in [0.2, 0.25) is 0 Å². The Morgan fingerprint density at radius 3 is 2.94 bits per heavy atom. The molecule has 1 aliphatic heterocycles. The summed E-state index contributed by atoms with van der Waals surface area (Å²) < 4.78 is 5.57. The van der Waals surface area contributed by atoms with Crippen LogP contribution in [0.2, 0.25) is 0 Å². The van der Waals surface area contributed by atoms with Crippen LogP contribution in [-0.4, -0.2) is 30.1 Å². The number of rotatable bonds is 5. The van der Waals surface area contributed by atoms with Crippen LogP contribution in [0.25, 0.3) is 0 Å². The summed E-state index contributed by atoms with van der Waals surface area (Å²) in [6.07, 6.45) is 5.48. The van der Waals surface area contributed by atoms with Crippen LogP contribution in [0, 0.1) is 0 Å². The van der Waals surface area contributed by atoms with Crippen molar-refractivity contribution in [1.29, 1.82) is 0 Å². The number of piperazine rings is 1. The van der Waals surface area contributed by atoms with Gasteiger partial charge in [-0.15, -0.1) is 0 Å². The van der Waals surface area contributed by atoms with Gasteiger partial charge in [0.1, 0.15) is 5.76 Å². The largest absolute Gasteiger partial charge is 0.468 e. The van der Waals surface area contributed by atoms with Crippen molar-refractivity contribution in [2.75, 3.05) is 13.1 Å². The second-order valence-electron chi connectivity index (χ2n) is 5.34. The predicted molar refractivity (Wildman–Crippen MR) is 74.6 cm³/mol. The second-order valence-corrected chi connectivity index (χ2v) is 5.34. The smallest absolute Gasteiger partial charge is 0.120 e. The van der Waals surface area contributed by atoms with Gasteiger partial charge in [0.25, 0.3) is 0 Å². The highest BCUT2D eigenvalue weighted by molar-refractivity contribution is 5.05. The van der Waals surface area contributed by atoms with E-state index < -0.39 is 0 Å². The summed E-state index contributed by atoms with van der Waals surface area (Å²) in [4.78, 5) is 2.61. The maximum absolute atomic E-state index is 5.57. The molecule has 1 aromatic rings. The van der Waals surface area contributed by atoms with Crippen molar-refractivity contribution < 1.29 is 4.42 Å². The fourth-order valence-corrected chi connectivity index (χ4v) is 2.98. The summed E-state index contributed by atoms with van der Waals surface area (Å²) in [6.45, 7) is 9.03. The van der Waals surface area contributed by atoms with Crippen LogP contribution in [-0.2, 0) is 0 Å². The van der Waals surface area contributed by atoms with Crippen molar-refractivity contribution in [2.45, 2.75) is 58.2 Å². The molecule has 18 heavy (non-hydrogen) atoms. The first-order chi connectivity index (χ1) is 8.76. The molecule has 1 fully saturated rings. The minimum atomic E-state index is 0.381. The highest BCUT2D eigenvalue weighted by atomic mass is 16.3. The van der Waals surface area contributed by atoms with Gasteiger partial charge in [-0.25, -0.2) is 0 Å². The van der Waals surface area contributed by atoms with Crippen LogP contribution < -0.4 is 5.32 Å². The van der Waals surface area contributed by atoms with E-state index in [4.69, 9.17) is 4.42 Å². The maximum atomic E-state index is 5.57. The van der Waals surface area contributed by atoms with Crippen LogP contribution >= 0.6 is 0 Å². The molecule has 0 aliphatic carbocycles. The zero-order chi connectivity index (χ0) is 13.0. The van der Waals surface area contributed by atoms with Crippen LogP contribution in [0.1, 0.15) is 51.8 Å². The lowest BCUT2D eigenvalue weighted by molar-refractivity contribution is 0.0736. The minimum Gasteiger partial charge on any atom is -0.468 e. The van der Waals surface area contributed by atoms with Gasteiger partial charge in [0, 0.05) is 25.2 Å². The lowest BCUT2D eigenvalue weighted by Crippen LogP contribution is -2.56. The van der Waals surface area contributed by atoms with Crippen molar-refractivity contribution in [3.63, 3.8) is 0 Å². The Bertz CT molecular complexity index is 336. The van der Waals surface area contributed by atoms with Gasteiger partial charge in [-0.3, -0.25) is 4.90 Å². The molecule has 3 atom stereocenters. The highest BCUT2D eigenvalue weighted by Crippen LogP contribution is 2.26. The van der Waals surface area contributed by atoms with E-state index in [2.05, 4.69) is 37.1 Å². The monoisotopic (exact) mass is 250 g/mol. The third-order valence-corrected chi connectivity index (χ3v) is 4.10. The molecule has 3 unspecified atom stereocenters. The summed E-state index contributed by atoms with van der Waals surface area (Å²) in [5.41, 5.74) is 0. The Morgan fingerprint density at radius 2 is 2.33 bits per heavy atom. The van der Waals surface area contributed by atoms with Crippen molar-refractivity contribution in [3.05, 3.63) is 24.2 Å². The third-order valence-electron chi connectivity index (χ3n) is 4.10. The molecule has 1 aliphatic rings. The summed E-state index contributed by atoms with van der Waals surface area (Å²) in [6, 6.07) is 5.71. The lowest BCUT2D eigenvalue weighted by atomic mass is 10.0. The number of nitrogens with one attached hydrogen (secondary N) is 1. The van der Waals surface area contributed by atoms with Gasteiger partial charge in [-0.2, -0.15) is 0 Å². The van der Waals surface area contributed by atoms with Crippen LogP contribution in [0.15, 0.2) is 22.8 Å². The predicted octanol–water partition coefficient (Wildman–Crippen LogP) is 3.19. The Labute approximate surface area is 111 Å². The first-order valence-corrected chi connectivity index (χ1v) is 7.28. The molecule has 1 aromatic heterocycles. The number of furan rings is 1. The normalized spacial score (nSPS) is 27.3. The van der Waals surface area contributed by atoms with Crippen molar-refractivity contribution in [1.82, 2.24) is 10.2 Å². The molecule has 1 N–H and O–H groups in total. The first-order valence-electron chi connectivity index (χ1n) is 7.28. The van der Waals surface area contributed by atoms with E-state index >= 15 is 0 Å². The number of nitrogens with zero attached hydrogens (tertiary/aromatic N) is 1. The molecule has 0 radical (unpaired) electrons. The van der Waals surface area contributed by atoms with E-state index in [1.165, 1.54) is 19.3 Å². The molecular formula is C15H26N2O. The van der Waals surface area contributed by atoms with Crippen molar-refractivity contribution in [2.24, 2.45) is 0 Å². The summed E-state index contributed by atoms with van der Waals surface area (Å²) >= 11 is 0. The van der Waals surface area contributed by atoms with Crippen molar-refractivity contribution >= 4 is 0 Å². The zero-order valence-corrected chi connectivity index (χ0v) is 11.9. The number of hydrogen-bond acceptors (Lipinski definition) is 3. The standard InChI is InChI=1S/C15H26N2O/c1-4-7-13-11-17(14(5-2)10-16-13)12(3)15-8-6-9-18-15/h6,8-9,12-14,16H,4-5,7,10-11H2,1-3H3. The molecule has 0 aromatic carbocycles. The molecule has 0 amide bonds.